The smallest absolute Gasteiger partial charge is 0.165 e. The van der Waals surface area contributed by atoms with Crippen LogP contribution in [0.1, 0.15) is 32.3 Å². The van der Waals surface area contributed by atoms with Crippen molar-refractivity contribution in [2.75, 3.05) is 0 Å². The first-order valence-electron chi connectivity index (χ1n) is 6.13. The number of hydrogen-bond donors (Lipinski definition) is 1. The summed E-state index contributed by atoms with van der Waals surface area (Å²) in [6, 6.07) is 2.98. The first kappa shape index (κ1) is 14.8. The van der Waals surface area contributed by atoms with E-state index >= 15 is 0 Å². The molecular formula is C14H18F2O2. The summed E-state index contributed by atoms with van der Waals surface area (Å²) in [6.07, 6.45) is 0.181. The molecule has 0 aliphatic heterocycles. The Morgan fingerprint density at radius 1 is 1.17 bits per heavy atom. The van der Waals surface area contributed by atoms with Gasteiger partial charge in [0.25, 0.3) is 0 Å². The molecule has 0 radical (unpaired) electrons. The summed E-state index contributed by atoms with van der Waals surface area (Å²) in [5, 5.41) is 9.84. The van der Waals surface area contributed by atoms with Gasteiger partial charge in [-0.3, -0.25) is 4.79 Å². The highest BCUT2D eigenvalue weighted by Crippen LogP contribution is 2.16. The average Bonchev–Trinajstić information content (AvgIpc) is 2.28. The molecule has 0 spiro atoms. The third kappa shape index (κ3) is 3.88. The highest BCUT2D eigenvalue weighted by atomic mass is 19.1. The van der Waals surface area contributed by atoms with E-state index in [-0.39, 0.29) is 17.9 Å². The Morgan fingerprint density at radius 2 is 1.67 bits per heavy atom. The molecule has 1 aromatic rings. The second kappa shape index (κ2) is 6.59. The third-order valence-corrected chi connectivity index (χ3v) is 3.13. The van der Waals surface area contributed by atoms with Gasteiger partial charge in [-0.2, -0.15) is 0 Å². The quantitative estimate of drug-likeness (QED) is 0.849. The standard InChI is InChI=1S/C14H18F2O2/c1-3-10(4-2)14(18)13(17)7-9-5-11(15)8-12(16)6-9/h5-6,8,10,14,18H,3-4,7H2,1-2H3. The van der Waals surface area contributed by atoms with E-state index in [1.165, 1.54) is 0 Å². The molecule has 0 fully saturated rings. The summed E-state index contributed by atoms with van der Waals surface area (Å²) < 4.78 is 25.9. The van der Waals surface area contributed by atoms with Crippen LogP contribution in [0.4, 0.5) is 8.78 Å². The molecule has 0 aromatic heterocycles. The van der Waals surface area contributed by atoms with Gasteiger partial charge in [0.15, 0.2) is 5.78 Å². The zero-order chi connectivity index (χ0) is 13.7. The topological polar surface area (TPSA) is 37.3 Å². The van der Waals surface area contributed by atoms with E-state index in [0.717, 1.165) is 18.2 Å². The van der Waals surface area contributed by atoms with Crippen molar-refractivity contribution in [3.05, 3.63) is 35.4 Å². The van der Waals surface area contributed by atoms with Crippen LogP contribution in [0.2, 0.25) is 0 Å². The maximum atomic E-state index is 13.0. The molecular weight excluding hydrogens is 238 g/mol. The van der Waals surface area contributed by atoms with Crippen LogP contribution in [-0.4, -0.2) is 17.0 Å². The zero-order valence-electron chi connectivity index (χ0n) is 10.6. The number of rotatable bonds is 6. The first-order chi connectivity index (χ1) is 8.47. The van der Waals surface area contributed by atoms with Crippen molar-refractivity contribution in [3.63, 3.8) is 0 Å². The van der Waals surface area contributed by atoms with Crippen molar-refractivity contribution in [2.45, 2.75) is 39.2 Å². The molecule has 1 atom stereocenters. The number of aliphatic hydroxyl groups excluding tert-OH is 1. The Kier molecular flexibility index (Phi) is 5.41. The number of Topliss-reactive ketones (excluding diaryl/α,β-unsaturated/α-hetero) is 1. The number of halogens is 2. The normalized spacial score (nSPS) is 12.8. The molecule has 0 saturated carbocycles. The zero-order valence-corrected chi connectivity index (χ0v) is 10.6. The summed E-state index contributed by atoms with van der Waals surface area (Å²) in [5.41, 5.74) is 0.252. The van der Waals surface area contributed by atoms with Crippen LogP contribution >= 0.6 is 0 Å². The van der Waals surface area contributed by atoms with Crippen molar-refractivity contribution in [2.24, 2.45) is 5.92 Å². The molecule has 0 amide bonds. The van der Waals surface area contributed by atoms with E-state index in [2.05, 4.69) is 0 Å². The number of benzene rings is 1. The van der Waals surface area contributed by atoms with Gasteiger partial charge in [-0.25, -0.2) is 8.78 Å². The summed E-state index contributed by atoms with van der Waals surface area (Å²) in [6.45, 7) is 3.79. The van der Waals surface area contributed by atoms with Gasteiger partial charge in [0.2, 0.25) is 0 Å². The van der Waals surface area contributed by atoms with Crippen LogP contribution in [0.3, 0.4) is 0 Å². The molecule has 2 nitrogen and oxygen atoms in total. The monoisotopic (exact) mass is 256 g/mol. The van der Waals surface area contributed by atoms with Gasteiger partial charge in [-0.15, -0.1) is 0 Å². The largest absolute Gasteiger partial charge is 0.385 e. The summed E-state index contributed by atoms with van der Waals surface area (Å²) in [4.78, 5) is 11.8. The van der Waals surface area contributed by atoms with Crippen molar-refractivity contribution < 1.29 is 18.7 Å². The first-order valence-corrected chi connectivity index (χ1v) is 6.13. The Hall–Kier alpha value is -1.29. The van der Waals surface area contributed by atoms with E-state index < -0.39 is 23.5 Å². The fourth-order valence-corrected chi connectivity index (χ4v) is 2.02. The molecule has 1 N–H and O–H groups in total. The SMILES string of the molecule is CCC(CC)C(O)C(=O)Cc1cc(F)cc(F)c1. The lowest BCUT2D eigenvalue weighted by Crippen LogP contribution is -2.30. The number of aliphatic hydroxyl groups is 1. The fourth-order valence-electron chi connectivity index (χ4n) is 2.02. The van der Waals surface area contributed by atoms with Crippen molar-refractivity contribution in [1.82, 2.24) is 0 Å². The van der Waals surface area contributed by atoms with E-state index in [4.69, 9.17) is 0 Å². The molecule has 1 aromatic carbocycles. The Bertz CT molecular complexity index is 394. The van der Waals surface area contributed by atoms with E-state index in [1.54, 1.807) is 0 Å². The number of carbonyl (C=O) groups excluding carboxylic acids is 1. The number of hydrogen-bond acceptors (Lipinski definition) is 2. The van der Waals surface area contributed by atoms with E-state index in [9.17, 15) is 18.7 Å². The molecule has 100 valence electrons. The molecule has 4 heteroatoms. The van der Waals surface area contributed by atoms with Gasteiger partial charge in [-0.1, -0.05) is 26.7 Å². The molecule has 0 aliphatic rings. The lowest BCUT2D eigenvalue weighted by molar-refractivity contribution is -0.129. The maximum absolute atomic E-state index is 13.0. The molecule has 0 aliphatic carbocycles. The highest BCUT2D eigenvalue weighted by Gasteiger charge is 2.23. The predicted octanol–water partition coefficient (Wildman–Crippen LogP) is 2.87. The van der Waals surface area contributed by atoms with Gasteiger partial charge in [0, 0.05) is 12.5 Å². The Labute approximate surface area is 106 Å². The number of carbonyl (C=O) groups is 1. The molecule has 0 saturated heterocycles. The van der Waals surface area contributed by atoms with E-state index in [0.29, 0.717) is 12.8 Å². The average molecular weight is 256 g/mol. The van der Waals surface area contributed by atoms with Crippen LogP contribution in [-0.2, 0) is 11.2 Å². The maximum Gasteiger partial charge on any atom is 0.165 e. The van der Waals surface area contributed by atoms with Crippen molar-refractivity contribution >= 4 is 5.78 Å². The summed E-state index contributed by atoms with van der Waals surface area (Å²) in [7, 11) is 0. The number of ketones is 1. The third-order valence-electron chi connectivity index (χ3n) is 3.13. The van der Waals surface area contributed by atoms with Crippen LogP contribution < -0.4 is 0 Å². The lowest BCUT2D eigenvalue weighted by atomic mass is 9.91. The Balaban J connectivity index is 2.74. The van der Waals surface area contributed by atoms with Gasteiger partial charge in [-0.05, 0) is 23.6 Å². The van der Waals surface area contributed by atoms with Gasteiger partial charge in [0.1, 0.15) is 17.7 Å². The minimum Gasteiger partial charge on any atom is -0.385 e. The minimum atomic E-state index is -1.06. The second-order valence-corrected chi connectivity index (χ2v) is 4.44. The van der Waals surface area contributed by atoms with Crippen LogP contribution in [0.5, 0.6) is 0 Å². The molecule has 0 bridgehead atoms. The van der Waals surface area contributed by atoms with Crippen LogP contribution in [0.25, 0.3) is 0 Å². The highest BCUT2D eigenvalue weighted by molar-refractivity contribution is 5.85. The summed E-state index contributed by atoms with van der Waals surface area (Å²) in [5.74, 6) is -1.92. The van der Waals surface area contributed by atoms with Gasteiger partial charge >= 0.3 is 0 Å². The second-order valence-electron chi connectivity index (χ2n) is 4.44. The Morgan fingerprint density at radius 3 is 2.11 bits per heavy atom. The fraction of sp³-hybridized carbons (Fsp3) is 0.500. The molecule has 1 rings (SSSR count). The van der Waals surface area contributed by atoms with Crippen LogP contribution in [0, 0.1) is 17.6 Å². The molecule has 1 unspecified atom stereocenters. The minimum absolute atomic E-state index is 0.101. The van der Waals surface area contributed by atoms with E-state index in [1.807, 2.05) is 13.8 Å². The van der Waals surface area contributed by atoms with Gasteiger partial charge in [0.05, 0.1) is 0 Å². The van der Waals surface area contributed by atoms with Crippen molar-refractivity contribution in [3.8, 4) is 0 Å². The predicted molar refractivity (Wildman–Crippen MR) is 65.1 cm³/mol. The van der Waals surface area contributed by atoms with Crippen molar-refractivity contribution in [1.29, 1.82) is 0 Å². The molecule has 0 heterocycles. The summed E-state index contributed by atoms with van der Waals surface area (Å²) >= 11 is 0. The van der Waals surface area contributed by atoms with Crippen LogP contribution in [0.15, 0.2) is 18.2 Å². The van der Waals surface area contributed by atoms with Gasteiger partial charge < -0.3 is 5.11 Å². The molecule has 18 heavy (non-hydrogen) atoms. The lowest BCUT2D eigenvalue weighted by Gasteiger charge is -2.18.